The van der Waals surface area contributed by atoms with E-state index in [2.05, 4.69) is 10.0 Å². The van der Waals surface area contributed by atoms with E-state index in [0.29, 0.717) is 10.0 Å². The number of hydrogen-bond donors (Lipinski definition) is 2. The van der Waals surface area contributed by atoms with Crippen molar-refractivity contribution in [3.63, 3.8) is 0 Å². The Morgan fingerprint density at radius 3 is 1.93 bits per heavy atom. The molecule has 0 bridgehead atoms. The molecule has 0 aliphatic rings. The Hall–Kier alpha value is -2.05. The average Bonchev–Trinajstić information content (AvgIpc) is 2.68. The van der Waals surface area contributed by atoms with Gasteiger partial charge < -0.3 is 5.32 Å². The first-order valence-electron chi connectivity index (χ1n) is 8.26. The fraction of sp³-hybridized carbons (Fsp3) is 0.100. The molecule has 0 aromatic heterocycles. The maximum absolute atomic E-state index is 12.6. The molecule has 0 unspecified atom stereocenters. The van der Waals surface area contributed by atoms with Crippen LogP contribution in [0.25, 0.3) is 0 Å². The topological polar surface area (TPSA) is 58.2 Å². The van der Waals surface area contributed by atoms with Gasteiger partial charge in [-0.05, 0) is 54.1 Å². The van der Waals surface area contributed by atoms with Gasteiger partial charge in [0.15, 0.2) is 0 Å². The van der Waals surface area contributed by atoms with E-state index in [0.717, 1.165) is 11.3 Å². The summed E-state index contributed by atoms with van der Waals surface area (Å²) in [5.41, 5.74) is 1.81. The van der Waals surface area contributed by atoms with Crippen LogP contribution in [0.1, 0.15) is 11.6 Å². The third-order valence-corrected chi connectivity index (χ3v) is 5.93. The van der Waals surface area contributed by atoms with Gasteiger partial charge in [-0.1, -0.05) is 53.5 Å². The first kappa shape index (κ1) is 19.7. The van der Waals surface area contributed by atoms with Crippen molar-refractivity contribution in [1.82, 2.24) is 4.72 Å². The molecule has 0 heterocycles. The molecule has 0 saturated carbocycles. The van der Waals surface area contributed by atoms with Crippen LogP contribution < -0.4 is 10.0 Å². The number of rotatable bonds is 7. The Labute approximate surface area is 169 Å². The third-order valence-electron chi connectivity index (χ3n) is 3.99. The highest BCUT2D eigenvalue weighted by Crippen LogP contribution is 2.22. The molecule has 3 aromatic rings. The van der Waals surface area contributed by atoms with Gasteiger partial charge in [-0.15, -0.1) is 0 Å². The second-order valence-electron chi connectivity index (χ2n) is 5.92. The number of nitrogens with one attached hydrogen (secondary N) is 2. The zero-order chi connectivity index (χ0) is 19.3. The van der Waals surface area contributed by atoms with Crippen molar-refractivity contribution >= 4 is 38.9 Å². The van der Waals surface area contributed by atoms with Gasteiger partial charge in [0.25, 0.3) is 0 Å². The minimum absolute atomic E-state index is 0.171. The Morgan fingerprint density at radius 2 is 1.33 bits per heavy atom. The SMILES string of the molecule is O=S(=O)(NC[C@@H](Nc1ccc(Cl)cc1)c1ccccc1)c1ccc(Cl)cc1. The molecule has 0 amide bonds. The van der Waals surface area contributed by atoms with Gasteiger partial charge in [-0.25, -0.2) is 13.1 Å². The van der Waals surface area contributed by atoms with Gasteiger partial charge in [-0.3, -0.25) is 0 Å². The maximum atomic E-state index is 12.6. The minimum atomic E-state index is -3.65. The first-order valence-corrected chi connectivity index (χ1v) is 10.5. The van der Waals surface area contributed by atoms with E-state index in [-0.39, 0.29) is 17.5 Å². The van der Waals surface area contributed by atoms with Crippen LogP contribution in [0.2, 0.25) is 10.0 Å². The van der Waals surface area contributed by atoms with Crippen molar-refractivity contribution in [1.29, 1.82) is 0 Å². The van der Waals surface area contributed by atoms with E-state index in [1.54, 1.807) is 24.3 Å². The van der Waals surface area contributed by atoms with Crippen LogP contribution in [-0.2, 0) is 10.0 Å². The molecule has 2 N–H and O–H groups in total. The van der Waals surface area contributed by atoms with Crippen LogP contribution in [0, 0.1) is 0 Å². The molecule has 1 atom stereocenters. The first-order chi connectivity index (χ1) is 12.9. The van der Waals surface area contributed by atoms with Crippen molar-refractivity contribution in [2.24, 2.45) is 0 Å². The average molecular weight is 421 g/mol. The molecular formula is C20H18Cl2N2O2S. The van der Waals surface area contributed by atoms with Gasteiger partial charge in [0.2, 0.25) is 10.0 Å². The summed E-state index contributed by atoms with van der Waals surface area (Å²) in [6, 6.07) is 22.7. The number of anilines is 1. The number of sulfonamides is 1. The van der Waals surface area contributed by atoms with Gasteiger partial charge in [0.1, 0.15) is 0 Å². The van der Waals surface area contributed by atoms with Crippen molar-refractivity contribution in [3.8, 4) is 0 Å². The zero-order valence-electron chi connectivity index (χ0n) is 14.3. The summed E-state index contributed by atoms with van der Waals surface area (Å²) in [7, 11) is -3.65. The molecule has 140 valence electrons. The molecule has 0 saturated heterocycles. The third kappa shape index (κ3) is 5.47. The summed E-state index contributed by atoms with van der Waals surface area (Å²) in [5.74, 6) is 0. The summed E-state index contributed by atoms with van der Waals surface area (Å²) < 4.78 is 27.8. The molecule has 0 aliphatic carbocycles. The molecule has 0 fully saturated rings. The Bertz CT molecular complexity index is 977. The van der Waals surface area contributed by atoms with E-state index < -0.39 is 10.0 Å². The largest absolute Gasteiger partial charge is 0.377 e. The van der Waals surface area contributed by atoms with Gasteiger partial charge in [0.05, 0.1) is 10.9 Å². The zero-order valence-corrected chi connectivity index (χ0v) is 16.6. The van der Waals surface area contributed by atoms with E-state index in [4.69, 9.17) is 23.2 Å². The lowest BCUT2D eigenvalue weighted by atomic mass is 10.1. The van der Waals surface area contributed by atoms with Crippen LogP contribution >= 0.6 is 23.2 Å². The lowest BCUT2D eigenvalue weighted by molar-refractivity contribution is 0.576. The smallest absolute Gasteiger partial charge is 0.240 e. The van der Waals surface area contributed by atoms with E-state index in [1.807, 2.05) is 42.5 Å². The standard InChI is InChI=1S/C20H18Cl2N2O2S/c21-16-6-10-18(11-7-16)24-20(15-4-2-1-3-5-15)14-23-27(25,26)19-12-8-17(22)9-13-19/h1-13,20,23-24H,14H2/t20-/m1/s1. The fourth-order valence-electron chi connectivity index (χ4n) is 2.57. The second kappa shape index (κ2) is 8.76. The highest BCUT2D eigenvalue weighted by Gasteiger charge is 2.18. The van der Waals surface area contributed by atoms with Crippen LogP contribution in [0.4, 0.5) is 5.69 Å². The predicted molar refractivity (Wildman–Crippen MR) is 111 cm³/mol. The van der Waals surface area contributed by atoms with E-state index in [9.17, 15) is 8.42 Å². The summed E-state index contributed by atoms with van der Waals surface area (Å²) in [6.07, 6.45) is 0. The van der Waals surface area contributed by atoms with Crippen LogP contribution in [0.5, 0.6) is 0 Å². The van der Waals surface area contributed by atoms with Crippen molar-refractivity contribution in [2.75, 3.05) is 11.9 Å². The minimum Gasteiger partial charge on any atom is -0.377 e. The molecule has 0 spiro atoms. The van der Waals surface area contributed by atoms with Gasteiger partial charge in [-0.2, -0.15) is 0 Å². The number of hydrogen-bond acceptors (Lipinski definition) is 3. The summed E-state index contributed by atoms with van der Waals surface area (Å²) in [6.45, 7) is 0.178. The second-order valence-corrected chi connectivity index (χ2v) is 8.56. The quantitative estimate of drug-likeness (QED) is 0.557. The van der Waals surface area contributed by atoms with Crippen LogP contribution in [0.3, 0.4) is 0 Å². The molecule has 7 heteroatoms. The lowest BCUT2D eigenvalue weighted by Gasteiger charge is -2.21. The Balaban J connectivity index is 1.79. The van der Waals surface area contributed by atoms with Gasteiger partial charge >= 0.3 is 0 Å². The number of benzene rings is 3. The monoisotopic (exact) mass is 420 g/mol. The molecule has 0 radical (unpaired) electrons. The predicted octanol–water partition coefficient (Wildman–Crippen LogP) is 5.13. The molecule has 3 aromatic carbocycles. The van der Waals surface area contributed by atoms with E-state index >= 15 is 0 Å². The summed E-state index contributed by atoms with van der Waals surface area (Å²) >= 11 is 11.8. The fourth-order valence-corrected chi connectivity index (χ4v) is 3.87. The Morgan fingerprint density at radius 1 is 0.778 bits per heavy atom. The Kier molecular flexibility index (Phi) is 6.39. The van der Waals surface area contributed by atoms with Crippen molar-refractivity contribution < 1.29 is 8.42 Å². The highest BCUT2D eigenvalue weighted by atomic mass is 35.5. The number of halogens is 2. The molecule has 4 nitrogen and oxygen atoms in total. The van der Waals surface area contributed by atoms with Gasteiger partial charge in [0, 0.05) is 22.3 Å². The molecule has 3 rings (SSSR count). The molecule has 27 heavy (non-hydrogen) atoms. The highest BCUT2D eigenvalue weighted by molar-refractivity contribution is 7.89. The van der Waals surface area contributed by atoms with Crippen LogP contribution in [0.15, 0.2) is 83.8 Å². The van der Waals surface area contributed by atoms with Crippen molar-refractivity contribution in [3.05, 3.63) is 94.5 Å². The lowest BCUT2D eigenvalue weighted by Crippen LogP contribution is -2.31. The summed E-state index contributed by atoms with van der Waals surface area (Å²) in [5, 5.41) is 4.47. The van der Waals surface area contributed by atoms with Crippen LogP contribution in [-0.4, -0.2) is 15.0 Å². The molecular weight excluding hydrogens is 403 g/mol. The maximum Gasteiger partial charge on any atom is 0.240 e. The van der Waals surface area contributed by atoms with E-state index in [1.165, 1.54) is 12.1 Å². The van der Waals surface area contributed by atoms with Crippen molar-refractivity contribution in [2.45, 2.75) is 10.9 Å². The summed E-state index contributed by atoms with van der Waals surface area (Å²) in [4.78, 5) is 0.171. The normalized spacial score (nSPS) is 12.5. The molecule has 0 aliphatic heterocycles.